The second-order valence-electron chi connectivity index (χ2n) is 12.5. The maximum absolute atomic E-state index is 13.2. The molecule has 10 nitrogen and oxygen atoms in total. The Morgan fingerprint density at radius 1 is 1.16 bits per heavy atom. The van der Waals surface area contributed by atoms with Crippen LogP contribution in [0.4, 0.5) is 10.7 Å². The average Bonchev–Trinajstić information content (AvgIpc) is 3.47. The van der Waals surface area contributed by atoms with Crippen molar-refractivity contribution in [1.29, 1.82) is 0 Å². The second-order valence-corrected chi connectivity index (χ2v) is 12.5. The summed E-state index contributed by atoms with van der Waals surface area (Å²) < 4.78 is 17.6. The molecule has 2 atom stereocenters. The van der Waals surface area contributed by atoms with Crippen LogP contribution in [0.15, 0.2) is 12.4 Å². The van der Waals surface area contributed by atoms with E-state index < -0.39 is 36.1 Å². The van der Waals surface area contributed by atoms with Crippen LogP contribution in [0, 0.1) is 0 Å². The maximum atomic E-state index is 13.2. The van der Waals surface area contributed by atoms with Crippen LogP contribution in [0.5, 0.6) is 0 Å². The van der Waals surface area contributed by atoms with Gasteiger partial charge in [0.05, 0.1) is 11.2 Å². The molecule has 1 aromatic rings. The van der Waals surface area contributed by atoms with Crippen molar-refractivity contribution >= 4 is 30.5 Å². The Hall–Kier alpha value is -2.40. The lowest BCUT2D eigenvalue weighted by Crippen LogP contribution is -2.52. The fourth-order valence-corrected chi connectivity index (χ4v) is 4.70. The highest BCUT2D eigenvalue weighted by Crippen LogP contribution is 2.36. The van der Waals surface area contributed by atoms with E-state index in [9.17, 15) is 9.59 Å². The largest absolute Gasteiger partial charge is 0.498 e. The van der Waals surface area contributed by atoms with Crippen LogP contribution in [0.25, 0.3) is 0 Å². The molecule has 3 aliphatic rings. The number of hydrogen-bond donors (Lipinski definition) is 1. The molecular weight excluding hydrogens is 473 g/mol. The monoisotopic (exact) mass is 515 g/mol. The summed E-state index contributed by atoms with van der Waals surface area (Å²) >= 11 is 0. The van der Waals surface area contributed by atoms with Gasteiger partial charge in [-0.05, 0) is 81.1 Å². The molecule has 37 heavy (non-hydrogen) atoms. The number of alkyl carbamates (subject to hydrolysis) is 1. The molecule has 1 N–H and O–H groups in total. The maximum Gasteiger partial charge on any atom is 0.498 e. The Morgan fingerprint density at radius 2 is 1.76 bits per heavy atom. The van der Waals surface area contributed by atoms with E-state index in [1.54, 1.807) is 40.1 Å². The normalized spacial score (nSPS) is 23.6. The van der Waals surface area contributed by atoms with Gasteiger partial charge >= 0.3 is 13.2 Å². The summed E-state index contributed by atoms with van der Waals surface area (Å²) in [5.74, 6) is 0.558. The van der Waals surface area contributed by atoms with E-state index in [0.29, 0.717) is 25.1 Å². The zero-order chi connectivity index (χ0) is 27.2. The minimum Gasteiger partial charge on any atom is -0.444 e. The van der Waals surface area contributed by atoms with Crippen LogP contribution in [-0.4, -0.2) is 82.0 Å². The number of carbonyl (C=O) groups is 2. The van der Waals surface area contributed by atoms with Crippen molar-refractivity contribution in [1.82, 2.24) is 20.2 Å². The zero-order valence-electron chi connectivity index (χ0n) is 23.5. The zero-order valence-corrected chi connectivity index (χ0v) is 23.5. The Balaban J connectivity index is 1.40. The number of nitrogens with zero attached hydrogens (tertiary/aromatic N) is 4. The van der Waals surface area contributed by atoms with Gasteiger partial charge in [0.25, 0.3) is 0 Å². The van der Waals surface area contributed by atoms with Crippen molar-refractivity contribution < 1.29 is 23.6 Å². The van der Waals surface area contributed by atoms with Crippen LogP contribution in [0.3, 0.4) is 0 Å². The number of hydrogen-bond acceptors (Lipinski definition) is 8. The van der Waals surface area contributed by atoms with E-state index in [-0.39, 0.29) is 11.9 Å². The Morgan fingerprint density at radius 3 is 2.30 bits per heavy atom. The van der Waals surface area contributed by atoms with Crippen LogP contribution in [0.1, 0.15) is 81.1 Å². The Labute approximate surface area is 221 Å². The van der Waals surface area contributed by atoms with Crippen molar-refractivity contribution in [2.45, 2.75) is 116 Å². The number of carbonyl (C=O) groups excluding carboxylic acids is 2. The number of anilines is 1. The van der Waals surface area contributed by atoms with Crippen LogP contribution >= 0.6 is 0 Å². The number of likely N-dealkylation sites (tertiary alicyclic amines) is 1. The fraction of sp³-hybridized carbons (Fsp3) is 0.769. The molecule has 3 heterocycles. The van der Waals surface area contributed by atoms with E-state index in [1.165, 1.54) is 0 Å². The van der Waals surface area contributed by atoms with Crippen molar-refractivity contribution in [3.63, 3.8) is 0 Å². The minimum absolute atomic E-state index is 0.0300. The van der Waals surface area contributed by atoms with Gasteiger partial charge in [-0.15, -0.1) is 0 Å². The predicted molar refractivity (Wildman–Crippen MR) is 142 cm³/mol. The average molecular weight is 515 g/mol. The Kier molecular flexibility index (Phi) is 7.51. The SMILES string of the molecule is C[C@@H](NC(=O)OC(C)(C)C)C(=O)N1CCC[C@@H]1CN(c1ncc(B2OC(C)(C)C(C)(C)O2)cn1)C1CC1. The van der Waals surface area contributed by atoms with Crippen molar-refractivity contribution in [3.05, 3.63) is 12.4 Å². The van der Waals surface area contributed by atoms with Gasteiger partial charge < -0.3 is 29.2 Å². The second kappa shape index (κ2) is 10.1. The molecule has 204 valence electrons. The summed E-state index contributed by atoms with van der Waals surface area (Å²) in [7, 11) is -0.504. The lowest BCUT2D eigenvalue weighted by atomic mass is 9.81. The van der Waals surface area contributed by atoms with E-state index in [4.69, 9.17) is 14.0 Å². The first kappa shape index (κ1) is 27.6. The standard InChI is InChI=1S/C26H42BN5O5/c1-17(30-23(34)35-24(2,3)4)21(33)31-13-9-10-20(31)16-32(19-11-12-19)22-28-14-18(15-29-22)27-36-25(5,6)26(7,8)37-27/h14-15,17,19-20H,9-13,16H2,1-8H3,(H,30,34)/t17-,20-/m1/s1. The van der Waals surface area contributed by atoms with E-state index in [1.807, 2.05) is 32.6 Å². The van der Waals surface area contributed by atoms with E-state index in [0.717, 1.165) is 31.1 Å². The quantitative estimate of drug-likeness (QED) is 0.553. The van der Waals surface area contributed by atoms with Gasteiger partial charge in [0, 0.05) is 43.0 Å². The van der Waals surface area contributed by atoms with Crippen molar-refractivity contribution in [3.8, 4) is 0 Å². The molecule has 11 heteroatoms. The van der Waals surface area contributed by atoms with E-state index >= 15 is 0 Å². The van der Waals surface area contributed by atoms with Gasteiger partial charge in [-0.2, -0.15) is 0 Å². The highest BCUT2D eigenvalue weighted by Gasteiger charge is 2.52. The summed E-state index contributed by atoms with van der Waals surface area (Å²) in [6.45, 7) is 16.5. The van der Waals surface area contributed by atoms with Crippen LogP contribution < -0.4 is 15.7 Å². The highest BCUT2D eigenvalue weighted by molar-refractivity contribution is 6.61. The smallest absolute Gasteiger partial charge is 0.444 e. The topological polar surface area (TPSA) is 106 Å². The van der Waals surface area contributed by atoms with Gasteiger partial charge in [-0.1, -0.05) is 0 Å². The summed E-state index contributed by atoms with van der Waals surface area (Å²) in [5.41, 5.74) is -0.682. The molecule has 1 aliphatic carbocycles. The number of aromatic nitrogens is 2. The first-order valence-corrected chi connectivity index (χ1v) is 13.4. The molecule has 3 fully saturated rings. The summed E-state index contributed by atoms with van der Waals surface area (Å²) in [6, 6.07) is -0.264. The first-order valence-electron chi connectivity index (χ1n) is 13.4. The molecule has 1 aromatic heterocycles. The third kappa shape index (κ3) is 6.37. The number of rotatable bonds is 7. The molecule has 2 aliphatic heterocycles. The summed E-state index contributed by atoms with van der Waals surface area (Å²) in [4.78, 5) is 38.9. The van der Waals surface area contributed by atoms with E-state index in [2.05, 4.69) is 20.2 Å². The van der Waals surface area contributed by atoms with Gasteiger partial charge in [-0.3, -0.25) is 4.79 Å². The first-order chi connectivity index (χ1) is 17.2. The molecule has 1 saturated carbocycles. The summed E-state index contributed by atoms with van der Waals surface area (Å²) in [5, 5.41) is 2.68. The van der Waals surface area contributed by atoms with Crippen LogP contribution in [-0.2, 0) is 18.8 Å². The predicted octanol–water partition coefficient (Wildman–Crippen LogP) is 2.65. The molecular formula is C26H42BN5O5. The molecule has 2 saturated heterocycles. The third-order valence-electron chi connectivity index (χ3n) is 7.60. The number of nitrogens with one attached hydrogen (secondary N) is 1. The summed E-state index contributed by atoms with van der Waals surface area (Å²) in [6.07, 6.45) is 6.98. The molecule has 0 unspecified atom stereocenters. The molecule has 0 aromatic carbocycles. The molecule has 0 spiro atoms. The van der Waals surface area contributed by atoms with Gasteiger partial charge in [0.2, 0.25) is 11.9 Å². The third-order valence-corrected chi connectivity index (χ3v) is 7.60. The van der Waals surface area contributed by atoms with Gasteiger partial charge in [0.1, 0.15) is 11.6 Å². The van der Waals surface area contributed by atoms with Crippen LogP contribution in [0.2, 0.25) is 0 Å². The molecule has 0 radical (unpaired) electrons. The van der Waals surface area contributed by atoms with Gasteiger partial charge in [0.15, 0.2) is 0 Å². The lowest BCUT2D eigenvalue weighted by molar-refractivity contribution is -0.133. The molecule has 0 bridgehead atoms. The number of amides is 2. The van der Waals surface area contributed by atoms with Crippen molar-refractivity contribution in [2.24, 2.45) is 0 Å². The molecule has 4 rings (SSSR count). The lowest BCUT2D eigenvalue weighted by Gasteiger charge is -2.32. The Bertz CT molecular complexity index is 976. The van der Waals surface area contributed by atoms with Crippen molar-refractivity contribution in [2.75, 3.05) is 18.0 Å². The highest BCUT2D eigenvalue weighted by atomic mass is 16.7. The molecule has 2 amide bonds. The number of ether oxygens (including phenoxy) is 1. The van der Waals surface area contributed by atoms with Gasteiger partial charge in [-0.25, -0.2) is 14.8 Å². The minimum atomic E-state index is -0.666. The fourth-order valence-electron chi connectivity index (χ4n) is 4.70.